The van der Waals surface area contributed by atoms with Crippen molar-refractivity contribution in [3.05, 3.63) is 57.7 Å². The van der Waals surface area contributed by atoms with Crippen LogP contribution in [-0.2, 0) is 0 Å². The van der Waals surface area contributed by atoms with Crippen LogP contribution in [0, 0.1) is 10.1 Å². The van der Waals surface area contributed by atoms with Gasteiger partial charge < -0.3 is 5.32 Å². The minimum absolute atomic E-state index is 0.138. The van der Waals surface area contributed by atoms with E-state index in [0.29, 0.717) is 10.7 Å². The van der Waals surface area contributed by atoms with E-state index in [1.807, 2.05) is 0 Å². The molecule has 2 rings (SSSR count). The number of urea groups is 1. The molecule has 0 spiro atoms. The van der Waals surface area contributed by atoms with E-state index in [0.717, 1.165) is 6.20 Å². The Labute approximate surface area is 124 Å². The second-order valence-corrected chi connectivity index (χ2v) is 4.25. The number of rotatable bonds is 4. The highest BCUT2D eigenvalue weighted by Gasteiger charge is 2.07. The number of para-hydroxylation sites is 1. The number of pyridine rings is 1. The summed E-state index contributed by atoms with van der Waals surface area (Å²) in [5.41, 5.74) is 5.16. The first kappa shape index (κ1) is 14.5. The lowest BCUT2D eigenvalue weighted by Crippen LogP contribution is -2.33. The van der Waals surface area contributed by atoms with E-state index in [9.17, 15) is 14.9 Å². The molecule has 0 saturated heterocycles. The molecule has 9 heteroatoms. The fourth-order valence-corrected chi connectivity index (χ4v) is 1.59. The predicted octanol–water partition coefficient (Wildman–Crippen LogP) is 2.79. The van der Waals surface area contributed by atoms with Crippen molar-refractivity contribution in [3.8, 4) is 0 Å². The lowest BCUT2D eigenvalue weighted by molar-refractivity contribution is -0.385. The standard InChI is InChI=1S/C12H10ClN5O3/c13-9-3-1-2-4-10(9)15-12(19)17-16-11-6-5-8(7-14-11)18(20)21/h1-7H,(H,14,16)(H2,15,17,19). The van der Waals surface area contributed by atoms with Crippen molar-refractivity contribution in [3.63, 3.8) is 0 Å². The maximum absolute atomic E-state index is 11.6. The van der Waals surface area contributed by atoms with Crippen molar-refractivity contribution < 1.29 is 9.72 Å². The molecule has 21 heavy (non-hydrogen) atoms. The van der Waals surface area contributed by atoms with Crippen LogP contribution in [0.15, 0.2) is 42.6 Å². The molecule has 0 radical (unpaired) electrons. The number of anilines is 2. The topological polar surface area (TPSA) is 109 Å². The molecule has 8 nitrogen and oxygen atoms in total. The molecule has 2 amide bonds. The van der Waals surface area contributed by atoms with Gasteiger partial charge in [0, 0.05) is 6.07 Å². The summed E-state index contributed by atoms with van der Waals surface area (Å²) >= 11 is 5.89. The summed E-state index contributed by atoms with van der Waals surface area (Å²) in [6, 6.07) is 8.84. The first-order valence-electron chi connectivity index (χ1n) is 5.74. The van der Waals surface area contributed by atoms with Crippen molar-refractivity contribution in [2.24, 2.45) is 0 Å². The number of benzene rings is 1. The molecule has 0 aliphatic rings. The summed E-state index contributed by atoms with van der Waals surface area (Å²) in [4.78, 5) is 25.3. The molecular weight excluding hydrogens is 298 g/mol. The molecule has 1 aromatic carbocycles. The molecule has 2 aromatic rings. The van der Waals surface area contributed by atoms with Gasteiger partial charge in [-0.25, -0.2) is 9.78 Å². The highest BCUT2D eigenvalue weighted by Crippen LogP contribution is 2.20. The van der Waals surface area contributed by atoms with E-state index in [1.54, 1.807) is 24.3 Å². The van der Waals surface area contributed by atoms with Crippen LogP contribution >= 0.6 is 11.6 Å². The van der Waals surface area contributed by atoms with Crippen LogP contribution in [-0.4, -0.2) is 15.9 Å². The minimum atomic E-state index is -0.561. The number of nitrogens with zero attached hydrogens (tertiary/aromatic N) is 2. The highest BCUT2D eigenvalue weighted by molar-refractivity contribution is 6.33. The first-order valence-corrected chi connectivity index (χ1v) is 6.12. The maximum Gasteiger partial charge on any atom is 0.337 e. The Morgan fingerprint density at radius 2 is 2.00 bits per heavy atom. The monoisotopic (exact) mass is 307 g/mol. The SMILES string of the molecule is O=C(NNc1ccc([N+](=O)[O-])cn1)Nc1ccccc1Cl. The van der Waals surface area contributed by atoms with E-state index in [1.165, 1.54) is 12.1 Å². The summed E-state index contributed by atoms with van der Waals surface area (Å²) in [6.07, 6.45) is 1.08. The first-order chi connectivity index (χ1) is 10.1. The Morgan fingerprint density at radius 1 is 1.24 bits per heavy atom. The Balaban J connectivity index is 1.89. The molecule has 0 saturated carbocycles. The van der Waals surface area contributed by atoms with Gasteiger partial charge in [-0.15, -0.1) is 0 Å². The number of nitrogens with one attached hydrogen (secondary N) is 3. The predicted molar refractivity (Wildman–Crippen MR) is 78.1 cm³/mol. The zero-order valence-corrected chi connectivity index (χ0v) is 11.3. The summed E-state index contributed by atoms with van der Waals surface area (Å²) in [6.45, 7) is 0. The van der Waals surface area contributed by atoms with Crippen LogP contribution in [0.5, 0.6) is 0 Å². The lowest BCUT2D eigenvalue weighted by atomic mass is 10.3. The third-order valence-corrected chi connectivity index (χ3v) is 2.71. The summed E-state index contributed by atoms with van der Waals surface area (Å²) < 4.78 is 0. The average Bonchev–Trinajstić information content (AvgIpc) is 2.48. The second kappa shape index (κ2) is 6.53. The van der Waals surface area contributed by atoms with Crippen LogP contribution in [0.1, 0.15) is 0 Å². The molecule has 0 aliphatic carbocycles. The molecule has 0 atom stereocenters. The van der Waals surface area contributed by atoms with Gasteiger partial charge in [0.05, 0.1) is 15.6 Å². The number of hydrogen-bond acceptors (Lipinski definition) is 5. The molecule has 3 N–H and O–H groups in total. The number of carbonyl (C=O) groups excluding carboxylic acids is 1. The number of hydrogen-bond donors (Lipinski definition) is 3. The number of amides is 2. The van der Waals surface area contributed by atoms with Crippen molar-refractivity contribution in [2.75, 3.05) is 10.7 Å². The molecule has 0 fully saturated rings. The summed E-state index contributed by atoms with van der Waals surface area (Å²) in [5.74, 6) is 0.259. The maximum atomic E-state index is 11.6. The van der Waals surface area contributed by atoms with Crippen LogP contribution < -0.4 is 16.2 Å². The van der Waals surface area contributed by atoms with Gasteiger partial charge in [-0.1, -0.05) is 23.7 Å². The van der Waals surface area contributed by atoms with E-state index >= 15 is 0 Å². The second-order valence-electron chi connectivity index (χ2n) is 3.84. The third kappa shape index (κ3) is 4.05. The van der Waals surface area contributed by atoms with Crippen LogP contribution in [0.25, 0.3) is 0 Å². The van der Waals surface area contributed by atoms with Gasteiger partial charge in [0.1, 0.15) is 12.0 Å². The molecule has 108 valence electrons. The molecule has 1 aromatic heterocycles. The molecule has 1 heterocycles. The zero-order valence-electron chi connectivity index (χ0n) is 10.5. The number of halogens is 1. The number of nitro groups is 1. The molecule has 0 unspecified atom stereocenters. The number of hydrazine groups is 1. The van der Waals surface area contributed by atoms with Gasteiger partial charge >= 0.3 is 6.03 Å². The Hall–Kier alpha value is -2.87. The fraction of sp³-hybridized carbons (Fsp3) is 0. The number of carbonyl (C=O) groups is 1. The largest absolute Gasteiger partial charge is 0.337 e. The number of aromatic nitrogens is 1. The van der Waals surface area contributed by atoms with Crippen molar-refractivity contribution in [1.29, 1.82) is 0 Å². The smallest absolute Gasteiger partial charge is 0.305 e. The van der Waals surface area contributed by atoms with Gasteiger partial charge in [-0.05, 0) is 18.2 Å². The summed E-state index contributed by atoms with van der Waals surface area (Å²) in [5, 5.41) is 13.4. The van der Waals surface area contributed by atoms with Gasteiger partial charge in [-0.2, -0.15) is 0 Å². The highest BCUT2D eigenvalue weighted by atomic mass is 35.5. The van der Waals surface area contributed by atoms with Gasteiger partial charge in [0.2, 0.25) is 0 Å². The van der Waals surface area contributed by atoms with Crippen LogP contribution in [0.2, 0.25) is 5.02 Å². The molecule has 0 bridgehead atoms. The van der Waals surface area contributed by atoms with E-state index in [2.05, 4.69) is 21.2 Å². The average molecular weight is 308 g/mol. The van der Waals surface area contributed by atoms with Gasteiger partial charge in [0.15, 0.2) is 0 Å². The molecule has 0 aliphatic heterocycles. The Bertz CT molecular complexity index is 662. The summed E-state index contributed by atoms with van der Waals surface area (Å²) in [7, 11) is 0. The van der Waals surface area contributed by atoms with Gasteiger partial charge in [-0.3, -0.25) is 21.0 Å². The van der Waals surface area contributed by atoms with Crippen molar-refractivity contribution in [1.82, 2.24) is 10.4 Å². The van der Waals surface area contributed by atoms with E-state index in [4.69, 9.17) is 11.6 Å². The molecular formula is C12H10ClN5O3. The van der Waals surface area contributed by atoms with Gasteiger partial charge in [0.25, 0.3) is 5.69 Å². The van der Waals surface area contributed by atoms with Crippen molar-refractivity contribution >= 4 is 34.8 Å². The third-order valence-electron chi connectivity index (χ3n) is 2.38. The normalized spacial score (nSPS) is 9.76. The Kier molecular flexibility index (Phi) is 4.52. The fourth-order valence-electron chi connectivity index (χ4n) is 1.40. The van der Waals surface area contributed by atoms with E-state index in [-0.39, 0.29) is 11.5 Å². The van der Waals surface area contributed by atoms with Crippen LogP contribution in [0.3, 0.4) is 0 Å². The Morgan fingerprint density at radius 3 is 2.62 bits per heavy atom. The quantitative estimate of drug-likeness (QED) is 0.594. The van der Waals surface area contributed by atoms with Crippen molar-refractivity contribution in [2.45, 2.75) is 0 Å². The van der Waals surface area contributed by atoms with E-state index < -0.39 is 11.0 Å². The minimum Gasteiger partial charge on any atom is -0.305 e. The lowest BCUT2D eigenvalue weighted by Gasteiger charge is -2.10. The zero-order chi connectivity index (χ0) is 15.2. The van der Waals surface area contributed by atoms with Crippen LogP contribution in [0.4, 0.5) is 22.0 Å².